The quantitative estimate of drug-likeness (QED) is 0.350. The summed E-state index contributed by atoms with van der Waals surface area (Å²) in [6, 6.07) is 9.17. The van der Waals surface area contributed by atoms with E-state index in [9.17, 15) is 4.79 Å². The number of rotatable bonds is 4. The predicted molar refractivity (Wildman–Crippen MR) is 81.3 cm³/mol. The molecule has 1 amide bonds. The average Bonchev–Trinajstić information content (AvgIpc) is 2.87. The highest BCUT2D eigenvalue weighted by atomic mass is 32.1. The summed E-state index contributed by atoms with van der Waals surface area (Å²) < 4.78 is 1.06. The molecule has 106 valence electrons. The lowest BCUT2D eigenvalue weighted by Gasteiger charge is -2.20. The number of fused-ring (bicyclic) bond motifs is 1. The number of carbonyl (C=O) groups excluding carboxylic acids is 1. The maximum absolute atomic E-state index is 12.3. The summed E-state index contributed by atoms with van der Waals surface area (Å²) in [5.74, 6) is -0.171. The Bertz CT molecular complexity index is 616. The van der Waals surface area contributed by atoms with Crippen molar-refractivity contribution in [1.29, 1.82) is 0 Å². The molecule has 5 nitrogen and oxygen atoms in total. The number of hydrogen-bond donors (Lipinski definition) is 3. The minimum absolute atomic E-state index is 0.00876. The van der Waals surface area contributed by atoms with Gasteiger partial charge in [-0.1, -0.05) is 37.2 Å². The van der Waals surface area contributed by atoms with Gasteiger partial charge in [0.05, 0.1) is 10.9 Å². The number of hydrogen-bond acceptors (Lipinski definition) is 4. The van der Waals surface area contributed by atoms with E-state index >= 15 is 0 Å². The van der Waals surface area contributed by atoms with Crippen molar-refractivity contribution in [3.63, 3.8) is 0 Å². The van der Waals surface area contributed by atoms with E-state index in [0.29, 0.717) is 4.88 Å². The van der Waals surface area contributed by atoms with E-state index in [1.165, 1.54) is 11.3 Å². The number of amides is 1. The van der Waals surface area contributed by atoms with Crippen molar-refractivity contribution in [3.8, 4) is 0 Å². The zero-order chi connectivity index (χ0) is 14.7. The number of oxime groups is 1. The van der Waals surface area contributed by atoms with Gasteiger partial charge in [0.2, 0.25) is 0 Å². The fourth-order valence-corrected chi connectivity index (χ4v) is 2.92. The highest BCUT2D eigenvalue weighted by Gasteiger charge is 2.22. The molecule has 0 spiro atoms. The summed E-state index contributed by atoms with van der Waals surface area (Å²) in [7, 11) is 0. The maximum Gasteiger partial charge on any atom is 0.261 e. The second-order valence-corrected chi connectivity index (χ2v) is 5.95. The molecular weight excluding hydrogens is 274 g/mol. The fourth-order valence-electron chi connectivity index (χ4n) is 1.95. The highest BCUT2D eigenvalue weighted by Crippen LogP contribution is 2.25. The second kappa shape index (κ2) is 5.92. The lowest BCUT2D eigenvalue weighted by Crippen LogP contribution is -2.47. The van der Waals surface area contributed by atoms with E-state index < -0.39 is 6.04 Å². The van der Waals surface area contributed by atoms with Gasteiger partial charge in [0.15, 0.2) is 5.84 Å². The van der Waals surface area contributed by atoms with Gasteiger partial charge in [-0.05, 0) is 23.4 Å². The molecular formula is C14H17N3O2S. The van der Waals surface area contributed by atoms with Gasteiger partial charge in [0, 0.05) is 4.70 Å². The lowest BCUT2D eigenvalue weighted by molar-refractivity contribution is 0.0943. The minimum Gasteiger partial charge on any atom is -0.409 e. The molecule has 4 N–H and O–H groups in total. The van der Waals surface area contributed by atoms with Crippen molar-refractivity contribution in [2.45, 2.75) is 19.9 Å². The largest absolute Gasteiger partial charge is 0.409 e. The topological polar surface area (TPSA) is 87.7 Å². The first kappa shape index (κ1) is 14.3. The van der Waals surface area contributed by atoms with Gasteiger partial charge >= 0.3 is 0 Å². The molecule has 1 atom stereocenters. The number of thiophene rings is 1. The van der Waals surface area contributed by atoms with Crippen LogP contribution < -0.4 is 11.1 Å². The molecule has 0 aliphatic rings. The summed E-state index contributed by atoms with van der Waals surface area (Å²) >= 11 is 1.42. The molecule has 0 saturated carbocycles. The third kappa shape index (κ3) is 2.91. The summed E-state index contributed by atoms with van der Waals surface area (Å²) in [6.45, 7) is 3.79. The SMILES string of the molecule is CC(C)C(NC(=O)c1cc2ccccc2s1)C(N)=NO. The number of amidine groups is 1. The van der Waals surface area contributed by atoms with Crippen LogP contribution >= 0.6 is 11.3 Å². The molecule has 0 radical (unpaired) electrons. The van der Waals surface area contributed by atoms with Gasteiger partial charge in [-0.2, -0.15) is 0 Å². The predicted octanol–water partition coefficient (Wildman–Crippen LogP) is 2.40. The van der Waals surface area contributed by atoms with Gasteiger partial charge in [-0.3, -0.25) is 4.79 Å². The Morgan fingerprint density at radius 1 is 1.40 bits per heavy atom. The molecule has 0 bridgehead atoms. The second-order valence-electron chi connectivity index (χ2n) is 4.87. The van der Waals surface area contributed by atoms with Crippen LogP contribution in [0.4, 0.5) is 0 Å². The summed E-state index contributed by atoms with van der Waals surface area (Å²) in [6.07, 6.45) is 0. The molecule has 0 aliphatic heterocycles. The van der Waals surface area contributed by atoms with Crippen LogP contribution in [0.2, 0.25) is 0 Å². The van der Waals surface area contributed by atoms with Crippen LogP contribution in [-0.4, -0.2) is 23.0 Å². The van der Waals surface area contributed by atoms with Crippen LogP contribution in [0.1, 0.15) is 23.5 Å². The smallest absolute Gasteiger partial charge is 0.261 e. The van der Waals surface area contributed by atoms with Crippen molar-refractivity contribution in [3.05, 3.63) is 35.2 Å². The molecule has 1 aromatic carbocycles. The van der Waals surface area contributed by atoms with Gasteiger partial charge in [0.1, 0.15) is 0 Å². The number of nitrogens with one attached hydrogen (secondary N) is 1. The third-order valence-corrected chi connectivity index (χ3v) is 4.15. The van der Waals surface area contributed by atoms with E-state index in [2.05, 4.69) is 10.5 Å². The molecule has 1 aromatic heterocycles. The Balaban J connectivity index is 2.22. The van der Waals surface area contributed by atoms with Gasteiger partial charge in [-0.25, -0.2) is 0 Å². The van der Waals surface area contributed by atoms with Crippen LogP contribution in [-0.2, 0) is 0 Å². The average molecular weight is 291 g/mol. The Hall–Kier alpha value is -2.08. The van der Waals surface area contributed by atoms with E-state index in [1.807, 2.05) is 44.2 Å². The Morgan fingerprint density at radius 2 is 2.10 bits per heavy atom. The molecule has 0 saturated heterocycles. The van der Waals surface area contributed by atoms with E-state index in [4.69, 9.17) is 10.9 Å². The first-order valence-corrected chi connectivity index (χ1v) is 7.11. The number of benzene rings is 1. The highest BCUT2D eigenvalue weighted by molar-refractivity contribution is 7.20. The zero-order valence-electron chi connectivity index (χ0n) is 11.3. The van der Waals surface area contributed by atoms with Crippen LogP contribution in [0, 0.1) is 5.92 Å². The van der Waals surface area contributed by atoms with E-state index in [0.717, 1.165) is 10.1 Å². The molecule has 1 heterocycles. The minimum atomic E-state index is -0.488. The summed E-state index contributed by atoms with van der Waals surface area (Å²) in [5.41, 5.74) is 5.61. The molecule has 20 heavy (non-hydrogen) atoms. The van der Waals surface area contributed by atoms with Crippen molar-refractivity contribution >= 4 is 33.2 Å². The number of nitrogens with two attached hydrogens (primary N) is 1. The van der Waals surface area contributed by atoms with Gasteiger partial charge < -0.3 is 16.3 Å². The fraction of sp³-hybridized carbons (Fsp3) is 0.286. The normalized spacial score (nSPS) is 13.7. The first-order chi connectivity index (χ1) is 9.52. The number of nitrogens with zero attached hydrogens (tertiary/aromatic N) is 1. The van der Waals surface area contributed by atoms with E-state index in [-0.39, 0.29) is 17.7 Å². The Labute approximate surface area is 121 Å². The molecule has 0 fully saturated rings. The lowest BCUT2D eigenvalue weighted by atomic mass is 10.0. The van der Waals surface area contributed by atoms with Crippen LogP contribution in [0.5, 0.6) is 0 Å². The first-order valence-electron chi connectivity index (χ1n) is 6.29. The monoisotopic (exact) mass is 291 g/mol. The Morgan fingerprint density at radius 3 is 2.70 bits per heavy atom. The van der Waals surface area contributed by atoms with Crippen molar-refractivity contribution in [2.75, 3.05) is 0 Å². The van der Waals surface area contributed by atoms with Crippen molar-refractivity contribution < 1.29 is 10.0 Å². The maximum atomic E-state index is 12.3. The van der Waals surface area contributed by atoms with E-state index in [1.54, 1.807) is 0 Å². The molecule has 2 aromatic rings. The number of carbonyl (C=O) groups is 1. The molecule has 2 rings (SSSR count). The molecule has 1 unspecified atom stereocenters. The summed E-state index contributed by atoms with van der Waals surface area (Å²) in [4.78, 5) is 12.9. The van der Waals surface area contributed by atoms with Gasteiger partial charge in [0.25, 0.3) is 5.91 Å². The molecule has 0 aliphatic carbocycles. The van der Waals surface area contributed by atoms with Crippen LogP contribution in [0.25, 0.3) is 10.1 Å². The third-order valence-electron chi connectivity index (χ3n) is 3.04. The summed E-state index contributed by atoms with van der Waals surface area (Å²) in [5, 5.41) is 15.6. The van der Waals surface area contributed by atoms with Crippen LogP contribution in [0.15, 0.2) is 35.5 Å². The van der Waals surface area contributed by atoms with Crippen molar-refractivity contribution in [1.82, 2.24) is 5.32 Å². The van der Waals surface area contributed by atoms with Crippen LogP contribution in [0.3, 0.4) is 0 Å². The molecule has 6 heteroatoms. The van der Waals surface area contributed by atoms with Crippen molar-refractivity contribution in [2.24, 2.45) is 16.8 Å². The van der Waals surface area contributed by atoms with Gasteiger partial charge in [-0.15, -0.1) is 11.3 Å². The standard InChI is InChI=1S/C14H17N3O2S/c1-8(2)12(13(15)17-19)16-14(18)11-7-9-5-3-4-6-10(9)20-11/h3-8,12,19H,1-2H3,(H2,15,17)(H,16,18). The zero-order valence-corrected chi connectivity index (χ0v) is 12.1. The Kier molecular flexibility index (Phi) is 4.24.